The Kier molecular flexibility index (Phi) is 5.00. The summed E-state index contributed by atoms with van der Waals surface area (Å²) in [4.78, 5) is 16.3. The molecule has 0 aliphatic heterocycles. The second-order valence-corrected chi connectivity index (χ2v) is 6.43. The van der Waals surface area contributed by atoms with E-state index in [4.69, 9.17) is 9.26 Å². The molecule has 3 aromatic rings. The molecule has 0 radical (unpaired) electrons. The second kappa shape index (κ2) is 7.90. The summed E-state index contributed by atoms with van der Waals surface area (Å²) < 4.78 is 10.9. The van der Waals surface area contributed by atoms with E-state index in [-0.39, 0.29) is 12.6 Å². The van der Waals surface area contributed by atoms with E-state index in [0.29, 0.717) is 35.6 Å². The molecule has 7 heteroatoms. The molecule has 0 atom stereocenters. The topological polar surface area (TPSA) is 89.3 Å². The lowest BCUT2D eigenvalue weighted by Crippen LogP contribution is -2.28. The number of hydrogen-bond donors (Lipinski definition) is 2. The third-order valence-corrected chi connectivity index (χ3v) is 4.19. The quantitative estimate of drug-likeness (QED) is 0.665. The Morgan fingerprint density at radius 1 is 1.11 bits per heavy atom. The van der Waals surface area contributed by atoms with Gasteiger partial charge in [-0.25, -0.2) is 4.79 Å². The van der Waals surface area contributed by atoms with Crippen molar-refractivity contribution in [3.8, 4) is 5.75 Å². The molecule has 1 heterocycles. The number of benzene rings is 2. The van der Waals surface area contributed by atoms with E-state index in [1.807, 2.05) is 30.3 Å². The SMILES string of the molecule is O=C(NCc1ccccc1)Nc1ccc(OCc2noc(C3CC3)n2)cc1. The van der Waals surface area contributed by atoms with E-state index in [2.05, 4.69) is 20.8 Å². The van der Waals surface area contributed by atoms with Crippen LogP contribution >= 0.6 is 0 Å². The zero-order chi connectivity index (χ0) is 18.5. The molecular weight excluding hydrogens is 344 g/mol. The lowest BCUT2D eigenvalue weighted by atomic mass is 10.2. The predicted octanol–water partition coefficient (Wildman–Crippen LogP) is 3.85. The molecule has 0 bridgehead atoms. The van der Waals surface area contributed by atoms with Crippen LogP contribution in [0.2, 0.25) is 0 Å². The largest absolute Gasteiger partial charge is 0.485 e. The van der Waals surface area contributed by atoms with Crippen molar-refractivity contribution in [1.29, 1.82) is 0 Å². The highest BCUT2D eigenvalue weighted by Gasteiger charge is 2.29. The Balaban J connectivity index is 1.23. The van der Waals surface area contributed by atoms with Gasteiger partial charge in [0.2, 0.25) is 11.7 Å². The lowest BCUT2D eigenvalue weighted by Gasteiger charge is -2.09. The Labute approximate surface area is 156 Å². The van der Waals surface area contributed by atoms with Crippen molar-refractivity contribution in [2.24, 2.45) is 0 Å². The van der Waals surface area contributed by atoms with E-state index in [1.54, 1.807) is 24.3 Å². The maximum Gasteiger partial charge on any atom is 0.319 e. The van der Waals surface area contributed by atoms with Gasteiger partial charge in [0.15, 0.2) is 6.61 Å². The number of anilines is 1. The molecule has 4 rings (SSSR count). The molecule has 0 spiro atoms. The molecule has 7 nitrogen and oxygen atoms in total. The van der Waals surface area contributed by atoms with Gasteiger partial charge in [0.05, 0.1) is 0 Å². The van der Waals surface area contributed by atoms with E-state index < -0.39 is 0 Å². The van der Waals surface area contributed by atoms with Gasteiger partial charge in [-0.2, -0.15) is 4.98 Å². The van der Waals surface area contributed by atoms with Crippen molar-refractivity contribution >= 4 is 11.7 Å². The molecule has 1 aliphatic carbocycles. The minimum atomic E-state index is -0.257. The number of nitrogens with one attached hydrogen (secondary N) is 2. The van der Waals surface area contributed by atoms with E-state index in [9.17, 15) is 4.79 Å². The molecule has 1 saturated carbocycles. The summed E-state index contributed by atoms with van der Waals surface area (Å²) in [6, 6.07) is 16.6. The molecule has 2 amide bonds. The van der Waals surface area contributed by atoms with Crippen molar-refractivity contribution in [2.45, 2.75) is 31.9 Å². The fourth-order valence-electron chi connectivity index (χ4n) is 2.56. The second-order valence-electron chi connectivity index (χ2n) is 6.43. The Hall–Kier alpha value is -3.35. The summed E-state index contributed by atoms with van der Waals surface area (Å²) in [5.41, 5.74) is 1.73. The highest BCUT2D eigenvalue weighted by molar-refractivity contribution is 5.89. The zero-order valence-electron chi connectivity index (χ0n) is 14.7. The summed E-state index contributed by atoms with van der Waals surface area (Å²) in [7, 11) is 0. The number of hydrogen-bond acceptors (Lipinski definition) is 5. The summed E-state index contributed by atoms with van der Waals surface area (Å²) in [5.74, 6) is 2.35. The Bertz CT molecular complexity index is 889. The van der Waals surface area contributed by atoms with Crippen LogP contribution in [0.4, 0.5) is 10.5 Å². The van der Waals surface area contributed by atoms with Gasteiger partial charge in [-0.3, -0.25) is 0 Å². The first kappa shape index (κ1) is 17.1. The maximum atomic E-state index is 12.0. The zero-order valence-corrected chi connectivity index (χ0v) is 14.7. The summed E-state index contributed by atoms with van der Waals surface area (Å²) >= 11 is 0. The highest BCUT2D eigenvalue weighted by atomic mass is 16.5. The first-order chi connectivity index (χ1) is 13.3. The van der Waals surface area contributed by atoms with Crippen LogP contribution in [-0.2, 0) is 13.2 Å². The number of carbonyl (C=O) groups excluding carboxylic acids is 1. The van der Waals surface area contributed by atoms with E-state index >= 15 is 0 Å². The molecule has 1 aromatic heterocycles. The number of urea groups is 1. The summed E-state index contributed by atoms with van der Waals surface area (Å²) in [6.45, 7) is 0.724. The van der Waals surface area contributed by atoms with Crippen molar-refractivity contribution in [1.82, 2.24) is 15.5 Å². The molecular formula is C20H20N4O3. The third kappa shape index (κ3) is 4.84. The van der Waals surface area contributed by atoms with Crippen LogP contribution < -0.4 is 15.4 Å². The first-order valence-electron chi connectivity index (χ1n) is 8.90. The van der Waals surface area contributed by atoms with Crippen LogP contribution in [0, 0.1) is 0 Å². The van der Waals surface area contributed by atoms with Crippen molar-refractivity contribution in [3.63, 3.8) is 0 Å². The van der Waals surface area contributed by atoms with Crippen LogP contribution in [0.5, 0.6) is 5.75 Å². The van der Waals surface area contributed by atoms with Gasteiger partial charge in [-0.1, -0.05) is 35.5 Å². The predicted molar refractivity (Wildman–Crippen MR) is 99.3 cm³/mol. The fourth-order valence-corrected chi connectivity index (χ4v) is 2.56. The number of carbonyl (C=O) groups is 1. The van der Waals surface area contributed by atoms with Gasteiger partial charge in [0, 0.05) is 18.2 Å². The van der Waals surface area contributed by atoms with Gasteiger partial charge in [-0.05, 0) is 42.7 Å². The fraction of sp³-hybridized carbons (Fsp3) is 0.250. The monoisotopic (exact) mass is 364 g/mol. The van der Waals surface area contributed by atoms with Crippen molar-refractivity contribution in [2.75, 3.05) is 5.32 Å². The molecule has 2 aromatic carbocycles. The summed E-state index contributed by atoms with van der Waals surface area (Å²) in [6.07, 6.45) is 2.24. The van der Waals surface area contributed by atoms with E-state index in [0.717, 1.165) is 18.4 Å². The van der Waals surface area contributed by atoms with Crippen LogP contribution in [0.3, 0.4) is 0 Å². The van der Waals surface area contributed by atoms with Crippen LogP contribution in [-0.4, -0.2) is 16.2 Å². The van der Waals surface area contributed by atoms with Crippen LogP contribution in [0.25, 0.3) is 0 Å². The van der Waals surface area contributed by atoms with Gasteiger partial charge in [0.1, 0.15) is 5.75 Å². The Morgan fingerprint density at radius 3 is 2.63 bits per heavy atom. The molecule has 1 fully saturated rings. The molecule has 2 N–H and O–H groups in total. The molecule has 0 saturated heterocycles. The lowest BCUT2D eigenvalue weighted by molar-refractivity contribution is 0.251. The average molecular weight is 364 g/mol. The maximum absolute atomic E-state index is 12.0. The van der Waals surface area contributed by atoms with Crippen molar-refractivity contribution in [3.05, 3.63) is 71.9 Å². The van der Waals surface area contributed by atoms with E-state index in [1.165, 1.54) is 0 Å². The molecule has 0 unspecified atom stereocenters. The van der Waals surface area contributed by atoms with Gasteiger partial charge in [-0.15, -0.1) is 0 Å². The minimum Gasteiger partial charge on any atom is -0.485 e. The van der Waals surface area contributed by atoms with Gasteiger partial charge < -0.3 is 19.9 Å². The normalized spacial score (nSPS) is 13.2. The molecule has 138 valence electrons. The first-order valence-corrected chi connectivity index (χ1v) is 8.90. The Morgan fingerprint density at radius 2 is 1.89 bits per heavy atom. The average Bonchev–Trinajstić information content (AvgIpc) is 3.45. The molecule has 1 aliphatic rings. The number of amides is 2. The number of rotatable bonds is 7. The number of aromatic nitrogens is 2. The smallest absolute Gasteiger partial charge is 0.319 e. The van der Waals surface area contributed by atoms with Crippen molar-refractivity contribution < 1.29 is 14.1 Å². The van der Waals surface area contributed by atoms with Crippen LogP contribution in [0.15, 0.2) is 59.1 Å². The van der Waals surface area contributed by atoms with Gasteiger partial charge in [0.25, 0.3) is 0 Å². The highest BCUT2D eigenvalue weighted by Crippen LogP contribution is 2.38. The third-order valence-electron chi connectivity index (χ3n) is 4.19. The molecule has 27 heavy (non-hydrogen) atoms. The summed E-state index contributed by atoms with van der Waals surface area (Å²) in [5, 5.41) is 9.53. The standard InChI is InChI=1S/C20H20N4O3/c25-20(21-12-14-4-2-1-3-5-14)22-16-8-10-17(11-9-16)26-13-18-23-19(27-24-18)15-6-7-15/h1-5,8-11,15H,6-7,12-13H2,(H2,21,22,25). The number of nitrogens with zero attached hydrogens (tertiary/aromatic N) is 2. The number of ether oxygens (including phenoxy) is 1. The van der Waals surface area contributed by atoms with Gasteiger partial charge >= 0.3 is 6.03 Å². The van der Waals surface area contributed by atoms with Crippen LogP contribution in [0.1, 0.15) is 36.0 Å². The minimum absolute atomic E-state index is 0.251.